The lowest BCUT2D eigenvalue weighted by Gasteiger charge is -2.24. The van der Waals surface area contributed by atoms with Gasteiger partial charge in [-0.2, -0.15) is 0 Å². The maximum atomic E-state index is 11.4. The Bertz CT molecular complexity index is 1050. The van der Waals surface area contributed by atoms with Crippen molar-refractivity contribution in [3.05, 3.63) is 52.8 Å². The Morgan fingerprint density at radius 3 is 3.04 bits per heavy atom. The number of rotatable bonds is 4. The zero-order chi connectivity index (χ0) is 19.1. The quantitative estimate of drug-likeness (QED) is 0.653. The van der Waals surface area contributed by atoms with Crippen LogP contribution in [0.15, 0.2) is 30.6 Å². The van der Waals surface area contributed by atoms with E-state index in [9.17, 15) is 4.79 Å². The number of ether oxygens (including phenoxy) is 1. The second-order valence-corrected chi connectivity index (χ2v) is 7.73. The highest BCUT2D eigenvalue weighted by molar-refractivity contribution is 5.89. The van der Waals surface area contributed by atoms with Crippen molar-refractivity contribution in [3.8, 4) is 11.1 Å². The van der Waals surface area contributed by atoms with Gasteiger partial charge in [0.05, 0.1) is 19.6 Å². The molecule has 1 aromatic carbocycles. The van der Waals surface area contributed by atoms with Crippen LogP contribution in [0.5, 0.6) is 0 Å². The molecule has 1 saturated heterocycles. The second-order valence-electron chi connectivity index (χ2n) is 7.73. The molecule has 1 atom stereocenters. The number of hydrogen-bond donors (Lipinski definition) is 3. The Hall–Kier alpha value is -2.70. The Morgan fingerprint density at radius 1 is 1.29 bits per heavy atom. The molecule has 5 rings (SSSR count). The van der Waals surface area contributed by atoms with Crippen LogP contribution in [-0.2, 0) is 29.0 Å². The van der Waals surface area contributed by atoms with Gasteiger partial charge in [-0.25, -0.2) is 4.98 Å². The van der Waals surface area contributed by atoms with Crippen molar-refractivity contribution in [2.24, 2.45) is 5.73 Å². The first-order chi connectivity index (χ1) is 13.7. The average molecular weight is 376 g/mol. The van der Waals surface area contributed by atoms with Crippen LogP contribution in [0.1, 0.15) is 41.1 Å². The van der Waals surface area contributed by atoms with Gasteiger partial charge in [0.25, 0.3) is 0 Å². The van der Waals surface area contributed by atoms with Crippen LogP contribution < -0.4 is 11.1 Å². The van der Waals surface area contributed by atoms with Crippen molar-refractivity contribution in [1.29, 1.82) is 0 Å². The van der Waals surface area contributed by atoms with Gasteiger partial charge in [-0.15, -0.1) is 0 Å². The molecule has 144 valence electrons. The Morgan fingerprint density at radius 2 is 2.21 bits per heavy atom. The SMILES string of the molecule is NC(=O)Cc1c[nH]c2ncc(-c3cc4c(c([C@@H]5CCCN5)c3)COCC4)cc12. The molecule has 1 fully saturated rings. The predicted molar refractivity (Wildman–Crippen MR) is 108 cm³/mol. The summed E-state index contributed by atoms with van der Waals surface area (Å²) in [6.45, 7) is 2.53. The molecule has 2 aromatic heterocycles. The van der Waals surface area contributed by atoms with E-state index in [1.165, 1.54) is 28.7 Å². The highest BCUT2D eigenvalue weighted by Crippen LogP contribution is 2.35. The fourth-order valence-corrected chi connectivity index (χ4v) is 4.49. The summed E-state index contributed by atoms with van der Waals surface area (Å²) in [6.07, 6.45) is 7.25. The van der Waals surface area contributed by atoms with Gasteiger partial charge in [-0.1, -0.05) is 6.07 Å². The van der Waals surface area contributed by atoms with E-state index in [2.05, 4.69) is 33.5 Å². The van der Waals surface area contributed by atoms with Crippen molar-refractivity contribution < 1.29 is 9.53 Å². The van der Waals surface area contributed by atoms with E-state index in [4.69, 9.17) is 10.5 Å². The summed E-state index contributed by atoms with van der Waals surface area (Å²) in [5, 5.41) is 4.59. The Balaban J connectivity index is 1.62. The molecule has 6 nitrogen and oxygen atoms in total. The molecule has 3 aromatic rings. The molecule has 2 aliphatic heterocycles. The zero-order valence-electron chi connectivity index (χ0n) is 15.8. The first-order valence-electron chi connectivity index (χ1n) is 9.90. The summed E-state index contributed by atoms with van der Waals surface area (Å²) in [7, 11) is 0. The summed E-state index contributed by atoms with van der Waals surface area (Å²) < 4.78 is 5.75. The van der Waals surface area contributed by atoms with Crippen LogP contribution in [0.4, 0.5) is 0 Å². The topological polar surface area (TPSA) is 93.0 Å². The number of amides is 1. The average Bonchev–Trinajstić information content (AvgIpc) is 3.37. The first kappa shape index (κ1) is 17.4. The van der Waals surface area contributed by atoms with E-state index in [0.717, 1.165) is 48.2 Å². The van der Waals surface area contributed by atoms with Crippen LogP contribution in [-0.4, -0.2) is 29.0 Å². The number of H-pyrrole nitrogens is 1. The predicted octanol–water partition coefficient (Wildman–Crippen LogP) is 2.75. The van der Waals surface area contributed by atoms with Crippen molar-refractivity contribution >= 4 is 16.9 Å². The molecular formula is C22H24N4O2. The third-order valence-corrected chi connectivity index (χ3v) is 5.89. The molecule has 4 N–H and O–H groups in total. The molecule has 6 heteroatoms. The lowest BCUT2D eigenvalue weighted by atomic mass is 9.88. The zero-order valence-corrected chi connectivity index (χ0v) is 15.8. The van der Waals surface area contributed by atoms with Gasteiger partial charge in [-0.3, -0.25) is 4.79 Å². The summed E-state index contributed by atoms with van der Waals surface area (Å²) >= 11 is 0. The molecule has 1 amide bonds. The number of carbonyl (C=O) groups excluding carboxylic acids is 1. The number of aromatic amines is 1. The molecular weight excluding hydrogens is 352 g/mol. The minimum absolute atomic E-state index is 0.212. The number of carbonyl (C=O) groups is 1. The number of hydrogen-bond acceptors (Lipinski definition) is 4. The number of nitrogens with two attached hydrogens (primary N) is 1. The highest BCUT2D eigenvalue weighted by atomic mass is 16.5. The van der Waals surface area contributed by atoms with Gasteiger partial charge in [0.15, 0.2) is 0 Å². The highest BCUT2D eigenvalue weighted by Gasteiger charge is 2.24. The molecule has 0 spiro atoms. The van der Waals surface area contributed by atoms with Gasteiger partial charge in [0.2, 0.25) is 5.91 Å². The van der Waals surface area contributed by atoms with Crippen LogP contribution in [0.25, 0.3) is 22.2 Å². The molecule has 0 unspecified atom stereocenters. The number of aromatic nitrogens is 2. The van der Waals surface area contributed by atoms with E-state index >= 15 is 0 Å². The second kappa shape index (κ2) is 7.04. The molecule has 4 heterocycles. The van der Waals surface area contributed by atoms with Crippen LogP contribution >= 0.6 is 0 Å². The fourth-order valence-electron chi connectivity index (χ4n) is 4.49. The van der Waals surface area contributed by atoms with Gasteiger partial charge in [0.1, 0.15) is 5.65 Å². The monoisotopic (exact) mass is 376 g/mol. The third-order valence-electron chi connectivity index (χ3n) is 5.89. The van der Waals surface area contributed by atoms with E-state index in [1.807, 2.05) is 12.4 Å². The van der Waals surface area contributed by atoms with Crippen LogP contribution in [0.3, 0.4) is 0 Å². The summed E-state index contributed by atoms with van der Waals surface area (Å²) in [4.78, 5) is 19.1. The number of nitrogens with one attached hydrogen (secondary N) is 2. The van der Waals surface area contributed by atoms with E-state index in [1.54, 1.807) is 0 Å². The molecule has 0 bridgehead atoms. The number of nitrogens with zero attached hydrogens (tertiary/aromatic N) is 1. The van der Waals surface area contributed by atoms with E-state index in [-0.39, 0.29) is 12.3 Å². The smallest absolute Gasteiger partial charge is 0.221 e. The van der Waals surface area contributed by atoms with Gasteiger partial charge >= 0.3 is 0 Å². The van der Waals surface area contributed by atoms with Gasteiger partial charge < -0.3 is 20.8 Å². The van der Waals surface area contributed by atoms with Crippen molar-refractivity contribution in [2.45, 2.75) is 38.3 Å². The summed E-state index contributed by atoms with van der Waals surface area (Å²) in [5.74, 6) is -0.338. The number of pyridine rings is 1. The molecule has 0 saturated carbocycles. The Kier molecular flexibility index (Phi) is 4.37. The normalized spacial score (nSPS) is 19.1. The first-order valence-corrected chi connectivity index (χ1v) is 9.90. The number of primary amides is 1. The maximum absolute atomic E-state index is 11.4. The largest absolute Gasteiger partial charge is 0.376 e. The van der Waals surface area contributed by atoms with E-state index in [0.29, 0.717) is 12.6 Å². The lowest BCUT2D eigenvalue weighted by molar-refractivity contribution is -0.117. The standard InChI is InChI=1S/C22H24N4O2/c23-21(27)9-16-11-26-22-17(16)8-15(10-25-22)14-6-13-3-5-28-12-19(13)18(7-14)20-2-1-4-24-20/h6-8,10-11,20,24H,1-5,9,12H2,(H2,23,27)(H,25,26)/t20-/m0/s1. The van der Waals surface area contributed by atoms with Crippen molar-refractivity contribution in [3.63, 3.8) is 0 Å². The Labute approximate surface area is 163 Å². The summed E-state index contributed by atoms with van der Waals surface area (Å²) in [6, 6.07) is 7.08. The van der Waals surface area contributed by atoms with Gasteiger partial charge in [-0.05, 0) is 65.8 Å². The molecule has 0 aliphatic carbocycles. The minimum atomic E-state index is -0.338. The number of benzene rings is 1. The third kappa shape index (κ3) is 3.08. The maximum Gasteiger partial charge on any atom is 0.221 e. The van der Waals surface area contributed by atoms with Gasteiger partial charge in [0, 0.05) is 29.4 Å². The number of fused-ring (bicyclic) bond motifs is 2. The minimum Gasteiger partial charge on any atom is -0.376 e. The van der Waals surface area contributed by atoms with Crippen molar-refractivity contribution in [2.75, 3.05) is 13.2 Å². The molecule has 28 heavy (non-hydrogen) atoms. The van der Waals surface area contributed by atoms with Crippen LogP contribution in [0, 0.1) is 0 Å². The lowest BCUT2D eigenvalue weighted by Crippen LogP contribution is -2.19. The van der Waals surface area contributed by atoms with Crippen LogP contribution in [0.2, 0.25) is 0 Å². The summed E-state index contributed by atoms with van der Waals surface area (Å²) in [5.41, 5.74) is 13.4. The van der Waals surface area contributed by atoms with Crippen molar-refractivity contribution in [1.82, 2.24) is 15.3 Å². The van der Waals surface area contributed by atoms with E-state index < -0.39 is 0 Å². The fraction of sp³-hybridized carbons (Fsp3) is 0.364. The molecule has 2 aliphatic rings. The molecule has 0 radical (unpaired) electrons.